The number of ether oxygens (including phenoxy) is 14. The quantitative estimate of drug-likeness (QED) is 0.139. The smallest absolute Gasteiger partial charge is 0.268 e. The van der Waals surface area contributed by atoms with Crippen LogP contribution >= 0.6 is 0 Å². The highest BCUT2D eigenvalue weighted by atomic mass is 16.8. The molecule has 2 amide bonds. The van der Waals surface area contributed by atoms with E-state index >= 15 is 0 Å². The second-order valence-corrected chi connectivity index (χ2v) is 13.6. The summed E-state index contributed by atoms with van der Waals surface area (Å²) in [6.07, 6.45) is -12.1. The molecule has 0 spiro atoms. The number of carbonyl (C=O) groups is 2. The van der Waals surface area contributed by atoms with Crippen molar-refractivity contribution in [2.24, 2.45) is 0 Å². The summed E-state index contributed by atoms with van der Waals surface area (Å²) in [5.74, 6) is -0.769. The molecule has 20 nitrogen and oxygen atoms in total. The van der Waals surface area contributed by atoms with Crippen LogP contribution in [0.2, 0.25) is 0 Å². The van der Waals surface area contributed by atoms with Gasteiger partial charge in [-0.1, -0.05) is 0 Å². The van der Waals surface area contributed by atoms with E-state index in [-0.39, 0.29) is 43.3 Å². The average Bonchev–Trinajstić information content (AvgIpc) is 3.17. The first-order valence-electron chi connectivity index (χ1n) is 18.2. The third-order valence-electron chi connectivity index (χ3n) is 10.3. The third kappa shape index (κ3) is 9.93. The topological polar surface area (TPSA) is 222 Å². The Bertz CT molecular complexity index is 1470. The summed E-state index contributed by atoms with van der Waals surface area (Å²) in [5, 5.41) is 5.67. The molecule has 3 saturated heterocycles. The number of amides is 2. The monoisotopic (exact) mass is 806 g/mol. The molecule has 1 aromatic carbocycles. The van der Waals surface area contributed by atoms with Gasteiger partial charge in [0.15, 0.2) is 24.6 Å². The number of hydrogen-bond acceptors (Lipinski definition) is 18. The van der Waals surface area contributed by atoms with Crippen molar-refractivity contribution in [3.05, 3.63) is 26.0 Å². The molecule has 2 N–H and O–H groups in total. The Morgan fingerprint density at radius 1 is 0.607 bits per heavy atom. The van der Waals surface area contributed by atoms with E-state index in [0.717, 1.165) is 0 Å². The van der Waals surface area contributed by atoms with Gasteiger partial charge in [0.2, 0.25) is 17.2 Å². The van der Waals surface area contributed by atoms with Gasteiger partial charge in [0, 0.05) is 70.2 Å². The molecule has 3 fully saturated rings. The Morgan fingerprint density at radius 3 is 1.61 bits per heavy atom. The van der Waals surface area contributed by atoms with Crippen LogP contribution in [0.4, 0.5) is 0 Å². The van der Waals surface area contributed by atoms with Crippen LogP contribution in [0.3, 0.4) is 0 Å². The Kier molecular flexibility index (Phi) is 17.5. The average molecular weight is 807 g/mol. The first-order chi connectivity index (χ1) is 26.9. The summed E-state index contributed by atoms with van der Waals surface area (Å²) in [7, 11) is 13.2. The van der Waals surface area contributed by atoms with E-state index < -0.39 is 109 Å². The fourth-order valence-electron chi connectivity index (χ4n) is 7.70. The van der Waals surface area contributed by atoms with E-state index in [0.29, 0.717) is 0 Å². The highest BCUT2D eigenvalue weighted by Crippen LogP contribution is 2.36. The van der Waals surface area contributed by atoms with Gasteiger partial charge in [0.05, 0.1) is 38.0 Å². The fraction of sp³-hybridized carbons (Fsp3) is 0.833. The second-order valence-electron chi connectivity index (χ2n) is 13.6. The number of nitrogens with one attached hydrogen (secondary N) is 2. The van der Waals surface area contributed by atoms with Gasteiger partial charge in [0.25, 0.3) is 5.43 Å². The fourth-order valence-corrected chi connectivity index (χ4v) is 7.70. The summed E-state index contributed by atoms with van der Waals surface area (Å²) < 4.78 is 83.7. The molecule has 14 unspecified atom stereocenters. The standard InChI is InChI=1S/C36H58N2O18/c1-16-22(37-17(2)39)28(46-6)32(50-10)35(52-16)55-27-20(15-44-4)54-36(33(51-11)30(27)48-8)56-26-19(14-43-3)53-34(31(49-9)29(26)47-7)38-21(40)13-12-18-23(41)24(42)25(18)45-5/h16,19-20,22,26-36H,12-15H2,1-11H3,(H,37,39)(H,38,40)/t16?,19?,20?,22-,26?,27?,28?,29?,30?,31?,32?,33?,34?,35?,36?/m1/s1. The van der Waals surface area contributed by atoms with E-state index in [9.17, 15) is 19.2 Å². The number of rotatable bonds is 20. The number of hydrogen-bond donors (Lipinski definition) is 2. The van der Waals surface area contributed by atoms with Crippen molar-refractivity contribution in [1.29, 1.82) is 0 Å². The zero-order valence-electron chi connectivity index (χ0n) is 33.8. The molecule has 20 heteroatoms. The van der Waals surface area contributed by atoms with Gasteiger partial charge in [-0.05, 0) is 13.3 Å². The van der Waals surface area contributed by atoms with Crippen molar-refractivity contribution < 1.29 is 75.9 Å². The maximum absolute atomic E-state index is 13.1. The lowest BCUT2D eigenvalue weighted by Gasteiger charge is -2.51. The molecular formula is C36H58N2O18. The summed E-state index contributed by atoms with van der Waals surface area (Å²) in [4.78, 5) is 48.8. The van der Waals surface area contributed by atoms with Gasteiger partial charge >= 0.3 is 0 Å². The van der Waals surface area contributed by atoms with E-state index in [1.165, 1.54) is 70.9 Å². The Hall–Kier alpha value is -2.70. The van der Waals surface area contributed by atoms with E-state index in [1.54, 1.807) is 6.92 Å². The maximum atomic E-state index is 13.1. The minimum atomic E-state index is -1.12. The number of carbonyl (C=O) groups excluding carboxylic acids is 2. The molecular weight excluding hydrogens is 748 g/mol. The molecule has 1 aromatic rings. The van der Waals surface area contributed by atoms with Crippen molar-refractivity contribution in [2.45, 2.75) is 119 Å². The Balaban J connectivity index is 1.55. The molecule has 320 valence electrons. The maximum Gasteiger partial charge on any atom is 0.268 e. The lowest BCUT2D eigenvalue weighted by molar-refractivity contribution is -0.374. The Morgan fingerprint density at radius 2 is 1.11 bits per heavy atom. The van der Waals surface area contributed by atoms with Gasteiger partial charge in [-0.25, -0.2) is 0 Å². The minimum absolute atomic E-state index is 0.00108. The third-order valence-corrected chi connectivity index (χ3v) is 10.3. The van der Waals surface area contributed by atoms with Crippen molar-refractivity contribution in [3.8, 4) is 5.75 Å². The number of methoxy groups -OCH3 is 9. The molecule has 0 aromatic heterocycles. The summed E-state index contributed by atoms with van der Waals surface area (Å²) in [5.41, 5.74) is -1.23. The molecule has 4 rings (SSSR count). The van der Waals surface area contributed by atoms with Gasteiger partial charge in [-0.15, -0.1) is 0 Å². The van der Waals surface area contributed by atoms with Crippen LogP contribution in [0.15, 0.2) is 9.59 Å². The zero-order chi connectivity index (χ0) is 41.3. The molecule has 3 aliphatic heterocycles. The first-order valence-corrected chi connectivity index (χ1v) is 18.2. The molecule has 15 atom stereocenters. The van der Waals surface area contributed by atoms with Crippen LogP contribution < -0.4 is 26.2 Å². The minimum Gasteiger partial charge on any atom is -0.492 e. The predicted octanol–water partition coefficient (Wildman–Crippen LogP) is -1.81. The van der Waals surface area contributed by atoms with Crippen molar-refractivity contribution in [2.75, 3.05) is 77.2 Å². The first kappa shape index (κ1) is 46.0. The summed E-state index contributed by atoms with van der Waals surface area (Å²) in [6.45, 7) is 3.25. The van der Waals surface area contributed by atoms with Gasteiger partial charge in [-0.2, -0.15) is 0 Å². The molecule has 0 saturated carbocycles. The molecule has 0 bridgehead atoms. The van der Waals surface area contributed by atoms with E-state index in [2.05, 4.69) is 10.6 Å². The highest BCUT2D eigenvalue weighted by molar-refractivity contribution is 5.76. The van der Waals surface area contributed by atoms with Crippen molar-refractivity contribution in [3.63, 3.8) is 0 Å². The molecule has 0 aliphatic carbocycles. The lowest BCUT2D eigenvalue weighted by Crippen LogP contribution is -2.69. The molecule has 3 aliphatic rings. The normalized spacial score (nSPS) is 36.3. The van der Waals surface area contributed by atoms with Gasteiger partial charge in [-0.3, -0.25) is 19.2 Å². The van der Waals surface area contributed by atoms with Gasteiger partial charge in [0.1, 0.15) is 61.0 Å². The predicted molar refractivity (Wildman–Crippen MR) is 192 cm³/mol. The lowest BCUT2D eigenvalue weighted by atomic mass is 9.94. The van der Waals surface area contributed by atoms with Crippen molar-refractivity contribution >= 4 is 11.8 Å². The van der Waals surface area contributed by atoms with Crippen LogP contribution in [0.25, 0.3) is 0 Å². The Labute approximate surface area is 325 Å². The van der Waals surface area contributed by atoms with Crippen LogP contribution in [-0.4, -0.2) is 181 Å². The zero-order valence-corrected chi connectivity index (χ0v) is 33.8. The second kappa shape index (κ2) is 21.3. The van der Waals surface area contributed by atoms with Crippen LogP contribution in [-0.2, 0) is 77.6 Å². The van der Waals surface area contributed by atoms with E-state index in [1.807, 2.05) is 0 Å². The molecule has 56 heavy (non-hydrogen) atoms. The van der Waals surface area contributed by atoms with E-state index in [4.69, 9.17) is 66.3 Å². The highest BCUT2D eigenvalue weighted by Gasteiger charge is 2.55. The summed E-state index contributed by atoms with van der Waals surface area (Å²) in [6, 6.07) is -0.524. The van der Waals surface area contributed by atoms with Crippen LogP contribution in [0.5, 0.6) is 5.75 Å². The largest absolute Gasteiger partial charge is 0.492 e. The summed E-state index contributed by atoms with van der Waals surface area (Å²) >= 11 is 0. The van der Waals surface area contributed by atoms with Gasteiger partial charge < -0.3 is 76.9 Å². The van der Waals surface area contributed by atoms with Crippen LogP contribution in [0.1, 0.15) is 25.8 Å². The molecule has 0 radical (unpaired) electrons. The SMILES string of the molecule is COCC1OC(NC(=O)CCc2c(OC)c(=O)c2=O)C(OC)C(OC)C1OC1OC(COC)C(OC2OC(C)[C@@H](NC(C)=O)C(OC)C2OC)C(OC)C1OC. The van der Waals surface area contributed by atoms with Crippen molar-refractivity contribution in [1.82, 2.24) is 10.6 Å². The van der Waals surface area contributed by atoms with Crippen LogP contribution in [0, 0.1) is 0 Å². The molecule has 3 heterocycles.